The van der Waals surface area contributed by atoms with E-state index in [0.29, 0.717) is 5.82 Å². The Kier molecular flexibility index (Phi) is 5.38. The minimum Gasteiger partial charge on any atom is -0.384 e. The van der Waals surface area contributed by atoms with Crippen LogP contribution in [0.15, 0.2) is 29.2 Å². The monoisotopic (exact) mass is 413 g/mol. The lowest BCUT2D eigenvalue weighted by molar-refractivity contribution is -0.136. The minimum atomic E-state index is 0.0339. The highest BCUT2D eigenvalue weighted by Crippen LogP contribution is 2.39. The van der Waals surface area contributed by atoms with Gasteiger partial charge in [-0.2, -0.15) is 0 Å². The number of aromatic nitrogens is 1. The van der Waals surface area contributed by atoms with Crippen LogP contribution < -0.4 is 15.4 Å². The summed E-state index contributed by atoms with van der Waals surface area (Å²) in [6.07, 6.45) is 2.43. The predicted octanol–water partition coefficient (Wildman–Crippen LogP) is 3.66. The highest BCUT2D eigenvalue weighted by atomic mass is 32.2. The van der Waals surface area contributed by atoms with Crippen molar-refractivity contribution < 1.29 is 4.79 Å². The molecule has 156 valence electrons. The molecule has 7 heteroatoms. The fourth-order valence-electron chi connectivity index (χ4n) is 3.83. The van der Waals surface area contributed by atoms with Crippen molar-refractivity contribution >= 4 is 40.3 Å². The summed E-state index contributed by atoms with van der Waals surface area (Å²) in [5.74, 6) is 0.808. The van der Waals surface area contributed by atoms with Crippen LogP contribution in [-0.2, 0) is 4.79 Å². The van der Waals surface area contributed by atoms with Crippen molar-refractivity contribution in [2.75, 3.05) is 30.3 Å². The first-order chi connectivity index (χ1) is 13.8. The number of hydrogen-bond acceptors (Lipinski definition) is 6. The first-order valence-corrected chi connectivity index (χ1v) is 11.3. The summed E-state index contributed by atoms with van der Waals surface area (Å²) in [4.78, 5) is 22.6. The van der Waals surface area contributed by atoms with Crippen LogP contribution in [0.3, 0.4) is 0 Å². The molecule has 2 aliphatic rings. The van der Waals surface area contributed by atoms with E-state index in [0.717, 1.165) is 35.4 Å². The number of hydrogen-bond donors (Lipinski definition) is 2. The maximum atomic E-state index is 12.5. The van der Waals surface area contributed by atoms with Gasteiger partial charge >= 0.3 is 0 Å². The van der Waals surface area contributed by atoms with Crippen LogP contribution in [0.5, 0.6) is 0 Å². The molecule has 1 atom stereocenters. The van der Waals surface area contributed by atoms with Crippen molar-refractivity contribution in [1.82, 2.24) is 14.6 Å². The average molecular weight is 414 g/mol. The first-order valence-electron chi connectivity index (χ1n) is 10.5. The first kappa shape index (κ1) is 20.3. The molecule has 0 unspecified atom stereocenters. The normalized spacial score (nSPS) is 21.1. The summed E-state index contributed by atoms with van der Waals surface area (Å²) in [6.45, 7) is 10.7. The topological polar surface area (TPSA) is 74.5 Å². The van der Waals surface area contributed by atoms with Gasteiger partial charge in [-0.25, -0.2) is 4.98 Å². The SMILES string of the molecule is CC(C)C(=O)N1CCN(c2cc(SNC3(C)CC3)cc3nc(N)ccc23)C[C@@H]1C. The van der Waals surface area contributed by atoms with Crippen LogP contribution >= 0.6 is 11.9 Å². The van der Waals surface area contributed by atoms with Gasteiger partial charge in [0.15, 0.2) is 0 Å². The van der Waals surface area contributed by atoms with E-state index in [2.05, 4.69) is 46.7 Å². The van der Waals surface area contributed by atoms with Gasteiger partial charge in [0.25, 0.3) is 0 Å². The molecule has 0 spiro atoms. The van der Waals surface area contributed by atoms with Crippen LogP contribution in [-0.4, -0.2) is 47.0 Å². The van der Waals surface area contributed by atoms with Gasteiger partial charge in [0.2, 0.25) is 5.91 Å². The molecule has 1 saturated carbocycles. The van der Waals surface area contributed by atoms with E-state index in [1.165, 1.54) is 18.5 Å². The number of piperazine rings is 1. The number of nitrogens with zero attached hydrogens (tertiary/aromatic N) is 3. The lowest BCUT2D eigenvalue weighted by Gasteiger charge is -2.42. The van der Waals surface area contributed by atoms with Crippen molar-refractivity contribution in [2.24, 2.45) is 5.92 Å². The van der Waals surface area contributed by atoms with Crippen molar-refractivity contribution in [2.45, 2.75) is 57.0 Å². The third kappa shape index (κ3) is 4.31. The van der Waals surface area contributed by atoms with Gasteiger partial charge in [0.1, 0.15) is 5.82 Å². The number of nitrogens with two attached hydrogens (primary N) is 1. The fourth-order valence-corrected chi connectivity index (χ4v) is 4.74. The number of amides is 1. The molecule has 2 aromatic rings. The molecule has 0 radical (unpaired) electrons. The molecular weight excluding hydrogens is 382 g/mol. The Labute approximate surface area is 177 Å². The second kappa shape index (κ2) is 7.69. The molecule has 4 rings (SSSR count). The van der Waals surface area contributed by atoms with Crippen molar-refractivity contribution in [1.29, 1.82) is 0 Å². The van der Waals surface area contributed by atoms with Gasteiger partial charge in [0.05, 0.1) is 5.52 Å². The van der Waals surface area contributed by atoms with Crippen LogP contribution in [0.1, 0.15) is 40.5 Å². The summed E-state index contributed by atoms with van der Waals surface area (Å²) in [5.41, 5.74) is 8.30. The maximum absolute atomic E-state index is 12.5. The Balaban J connectivity index is 1.62. The Morgan fingerprint density at radius 1 is 1.31 bits per heavy atom. The molecule has 1 aromatic heterocycles. The van der Waals surface area contributed by atoms with Crippen molar-refractivity contribution in [3.63, 3.8) is 0 Å². The van der Waals surface area contributed by atoms with Gasteiger partial charge in [-0.05, 0) is 62.9 Å². The van der Waals surface area contributed by atoms with Gasteiger partial charge in [0, 0.05) is 53.1 Å². The van der Waals surface area contributed by atoms with Crippen LogP contribution in [0.2, 0.25) is 0 Å². The number of rotatable bonds is 5. The lowest BCUT2D eigenvalue weighted by Crippen LogP contribution is -2.55. The fraction of sp³-hybridized carbons (Fsp3) is 0.545. The lowest BCUT2D eigenvalue weighted by atomic mass is 10.1. The molecular formula is C22H31N5OS. The highest BCUT2D eigenvalue weighted by Gasteiger charge is 2.37. The Hall–Kier alpha value is -1.99. The number of benzene rings is 1. The zero-order valence-electron chi connectivity index (χ0n) is 17.7. The van der Waals surface area contributed by atoms with Crippen molar-refractivity contribution in [3.05, 3.63) is 24.3 Å². The molecule has 0 bridgehead atoms. The molecule has 3 N–H and O–H groups in total. The molecule has 1 aliphatic heterocycles. The third-order valence-corrected chi connectivity index (χ3v) is 7.01. The average Bonchev–Trinajstić information content (AvgIpc) is 3.42. The summed E-state index contributed by atoms with van der Waals surface area (Å²) in [7, 11) is 0. The molecule has 1 aromatic carbocycles. The van der Waals surface area contributed by atoms with E-state index in [4.69, 9.17) is 5.73 Å². The van der Waals surface area contributed by atoms with Crippen LogP contribution in [0.4, 0.5) is 11.5 Å². The van der Waals surface area contributed by atoms with E-state index in [-0.39, 0.29) is 23.4 Å². The molecule has 29 heavy (non-hydrogen) atoms. The standard InChI is InChI=1S/C22H31N5OS/c1-14(2)21(28)27-10-9-26(13-15(27)3)19-12-16(29-25-22(4)7-8-22)11-18-17(19)5-6-20(23)24-18/h5-6,11-12,14-15,25H,7-10,13H2,1-4H3,(H2,23,24)/t15-/m0/s1. The summed E-state index contributed by atoms with van der Waals surface area (Å²) >= 11 is 1.68. The number of nitrogen functional groups attached to an aromatic ring is 1. The molecule has 6 nitrogen and oxygen atoms in total. The largest absolute Gasteiger partial charge is 0.384 e. The van der Waals surface area contributed by atoms with Crippen LogP contribution in [0.25, 0.3) is 10.9 Å². The number of carbonyl (C=O) groups excluding carboxylic acids is 1. The highest BCUT2D eigenvalue weighted by molar-refractivity contribution is 7.97. The second-order valence-corrected chi connectivity index (χ2v) is 9.87. The summed E-state index contributed by atoms with van der Waals surface area (Å²) in [6, 6.07) is 8.46. The number of fused-ring (bicyclic) bond motifs is 1. The molecule has 2 fully saturated rings. The Bertz CT molecular complexity index is 927. The molecule has 2 heterocycles. The quantitative estimate of drug-likeness (QED) is 0.729. The van der Waals surface area contributed by atoms with Gasteiger partial charge in [-0.15, -0.1) is 0 Å². The number of carbonyl (C=O) groups is 1. The molecule has 1 aliphatic carbocycles. The number of pyridine rings is 1. The Morgan fingerprint density at radius 3 is 2.72 bits per heavy atom. The second-order valence-electron chi connectivity index (χ2n) is 8.99. The molecule has 1 amide bonds. The van der Waals surface area contributed by atoms with Gasteiger partial charge < -0.3 is 15.5 Å². The van der Waals surface area contributed by atoms with E-state index >= 15 is 0 Å². The summed E-state index contributed by atoms with van der Waals surface area (Å²) in [5, 5.41) is 1.11. The smallest absolute Gasteiger partial charge is 0.225 e. The van der Waals surface area contributed by atoms with Gasteiger partial charge in [-0.3, -0.25) is 9.52 Å². The van der Waals surface area contributed by atoms with E-state index in [9.17, 15) is 4.79 Å². The van der Waals surface area contributed by atoms with Crippen molar-refractivity contribution in [3.8, 4) is 0 Å². The summed E-state index contributed by atoms with van der Waals surface area (Å²) < 4.78 is 3.59. The van der Waals surface area contributed by atoms with Crippen LogP contribution in [0, 0.1) is 5.92 Å². The number of nitrogens with one attached hydrogen (secondary N) is 1. The Morgan fingerprint density at radius 2 is 2.07 bits per heavy atom. The predicted molar refractivity (Wildman–Crippen MR) is 121 cm³/mol. The number of anilines is 2. The third-order valence-electron chi connectivity index (χ3n) is 5.94. The molecule has 1 saturated heterocycles. The van der Waals surface area contributed by atoms with Gasteiger partial charge in [-0.1, -0.05) is 13.8 Å². The zero-order valence-corrected chi connectivity index (χ0v) is 18.6. The minimum absolute atomic E-state index is 0.0339. The zero-order chi connectivity index (χ0) is 20.8. The van der Waals surface area contributed by atoms with E-state index in [1.807, 2.05) is 24.8 Å². The van der Waals surface area contributed by atoms with E-state index < -0.39 is 0 Å². The maximum Gasteiger partial charge on any atom is 0.225 e. The van der Waals surface area contributed by atoms with E-state index in [1.54, 1.807) is 11.9 Å².